The Kier molecular flexibility index (Phi) is 8.09. The van der Waals surface area contributed by atoms with Gasteiger partial charge in [0.05, 0.1) is 24.9 Å². The zero-order chi connectivity index (χ0) is 22.9. The van der Waals surface area contributed by atoms with E-state index < -0.39 is 4.92 Å². The van der Waals surface area contributed by atoms with Gasteiger partial charge in [0.2, 0.25) is 10.5 Å². The molecule has 0 atom stereocenters. The number of nitrogens with zero attached hydrogens (tertiary/aromatic N) is 4. The molecule has 0 aliphatic rings. The standard InChI is InChI=1S/C22H25N5O4S/c1-3-4-12-31-21-18(27(28)29)13-17(14-19(21)30-2)15-23-26-20(24-25-22(26)32)11-10-16-8-6-5-7-9-16/h5-9,13-15H,3-4,10-12H2,1-2H3,(H,25,32)/b23-15-. The van der Waals surface area contributed by atoms with Crippen LogP contribution in [0.3, 0.4) is 0 Å². The van der Waals surface area contributed by atoms with Crippen LogP contribution in [-0.2, 0) is 12.8 Å². The first kappa shape index (κ1) is 23.1. The van der Waals surface area contributed by atoms with Gasteiger partial charge in [0.1, 0.15) is 0 Å². The highest BCUT2D eigenvalue weighted by atomic mass is 32.1. The molecule has 2 aromatic carbocycles. The fourth-order valence-electron chi connectivity index (χ4n) is 3.06. The van der Waals surface area contributed by atoms with Crippen molar-refractivity contribution >= 4 is 24.1 Å². The van der Waals surface area contributed by atoms with Crippen LogP contribution < -0.4 is 9.47 Å². The number of aromatic amines is 1. The summed E-state index contributed by atoms with van der Waals surface area (Å²) < 4.78 is 12.8. The molecule has 168 valence electrons. The van der Waals surface area contributed by atoms with E-state index >= 15 is 0 Å². The molecular weight excluding hydrogens is 430 g/mol. The van der Waals surface area contributed by atoms with Crippen molar-refractivity contribution in [3.8, 4) is 11.5 Å². The Morgan fingerprint density at radius 1 is 1.28 bits per heavy atom. The van der Waals surface area contributed by atoms with Crippen molar-refractivity contribution in [3.63, 3.8) is 0 Å². The number of benzene rings is 2. The number of hydrogen-bond acceptors (Lipinski definition) is 7. The van der Waals surface area contributed by atoms with E-state index in [9.17, 15) is 10.1 Å². The average molecular weight is 456 g/mol. The highest BCUT2D eigenvalue weighted by molar-refractivity contribution is 7.71. The molecule has 0 aliphatic heterocycles. The summed E-state index contributed by atoms with van der Waals surface area (Å²) in [5, 5.41) is 23.0. The Morgan fingerprint density at radius 2 is 2.06 bits per heavy atom. The van der Waals surface area contributed by atoms with Gasteiger partial charge in [-0.05, 0) is 36.7 Å². The maximum absolute atomic E-state index is 11.6. The smallest absolute Gasteiger partial charge is 0.315 e. The summed E-state index contributed by atoms with van der Waals surface area (Å²) in [6, 6.07) is 13.1. The van der Waals surface area contributed by atoms with Crippen molar-refractivity contribution in [1.82, 2.24) is 14.9 Å². The van der Waals surface area contributed by atoms with E-state index in [0.717, 1.165) is 19.3 Å². The minimum Gasteiger partial charge on any atom is -0.493 e. The molecule has 0 saturated carbocycles. The number of aromatic nitrogens is 3. The molecule has 0 aliphatic carbocycles. The number of nitro groups is 1. The van der Waals surface area contributed by atoms with Gasteiger partial charge in [0, 0.05) is 18.1 Å². The van der Waals surface area contributed by atoms with E-state index in [0.29, 0.717) is 29.2 Å². The van der Waals surface area contributed by atoms with Crippen LogP contribution in [-0.4, -0.2) is 39.7 Å². The minimum atomic E-state index is -0.490. The molecule has 0 spiro atoms. The average Bonchev–Trinajstić information content (AvgIpc) is 3.16. The molecule has 1 N–H and O–H groups in total. The lowest BCUT2D eigenvalue weighted by Crippen LogP contribution is -2.04. The molecule has 0 bridgehead atoms. The highest BCUT2D eigenvalue weighted by Crippen LogP contribution is 2.38. The summed E-state index contributed by atoms with van der Waals surface area (Å²) in [5.74, 6) is 1.06. The zero-order valence-corrected chi connectivity index (χ0v) is 18.8. The van der Waals surface area contributed by atoms with E-state index in [1.165, 1.54) is 29.6 Å². The summed E-state index contributed by atoms with van der Waals surface area (Å²) in [7, 11) is 1.44. The second kappa shape index (κ2) is 11.2. The maximum atomic E-state index is 11.6. The fourth-order valence-corrected chi connectivity index (χ4v) is 3.26. The molecule has 1 aromatic heterocycles. The van der Waals surface area contributed by atoms with Crippen LogP contribution in [0.2, 0.25) is 0 Å². The third kappa shape index (κ3) is 5.79. The summed E-state index contributed by atoms with van der Waals surface area (Å²) in [6.45, 7) is 2.39. The maximum Gasteiger partial charge on any atom is 0.315 e. The first-order chi connectivity index (χ1) is 15.5. The van der Waals surface area contributed by atoms with Crippen molar-refractivity contribution in [2.45, 2.75) is 32.6 Å². The number of unbranched alkanes of at least 4 members (excludes halogenated alkanes) is 1. The van der Waals surface area contributed by atoms with Gasteiger partial charge in [-0.15, -0.1) is 0 Å². The van der Waals surface area contributed by atoms with Crippen molar-refractivity contribution < 1.29 is 14.4 Å². The molecule has 3 aromatic rings. The van der Waals surface area contributed by atoms with Gasteiger partial charge < -0.3 is 9.47 Å². The molecule has 10 heteroatoms. The molecule has 0 unspecified atom stereocenters. The quantitative estimate of drug-likeness (QED) is 0.148. The van der Waals surface area contributed by atoms with Crippen LogP contribution in [0.25, 0.3) is 0 Å². The lowest BCUT2D eigenvalue weighted by atomic mass is 10.1. The van der Waals surface area contributed by atoms with E-state index in [-0.39, 0.29) is 17.2 Å². The lowest BCUT2D eigenvalue weighted by molar-refractivity contribution is -0.386. The second-order valence-corrected chi connectivity index (χ2v) is 7.40. The van der Waals surface area contributed by atoms with Crippen LogP contribution in [0.15, 0.2) is 47.6 Å². The monoisotopic (exact) mass is 455 g/mol. The SMILES string of the molecule is CCCCOc1c(OC)cc(/C=N\n2c(CCc3ccccc3)n[nH]c2=S)cc1[N+](=O)[O-]. The van der Waals surface area contributed by atoms with Gasteiger partial charge in [0.15, 0.2) is 11.6 Å². The topological polar surface area (TPSA) is 108 Å². The molecule has 3 rings (SSSR count). The van der Waals surface area contributed by atoms with Crippen LogP contribution in [0, 0.1) is 14.9 Å². The summed E-state index contributed by atoms with van der Waals surface area (Å²) >= 11 is 5.29. The molecule has 1 heterocycles. The van der Waals surface area contributed by atoms with Crippen LogP contribution in [0.4, 0.5) is 5.69 Å². The predicted molar refractivity (Wildman–Crippen MR) is 124 cm³/mol. The van der Waals surface area contributed by atoms with Crippen molar-refractivity contribution in [1.29, 1.82) is 0 Å². The van der Waals surface area contributed by atoms with E-state index in [1.54, 1.807) is 6.07 Å². The number of nitrogens with one attached hydrogen (secondary N) is 1. The predicted octanol–water partition coefficient (Wildman–Crippen LogP) is 4.70. The first-order valence-corrected chi connectivity index (χ1v) is 10.7. The van der Waals surface area contributed by atoms with Gasteiger partial charge in [-0.3, -0.25) is 15.2 Å². The van der Waals surface area contributed by atoms with Crippen molar-refractivity contribution in [2.75, 3.05) is 13.7 Å². The molecule has 9 nitrogen and oxygen atoms in total. The first-order valence-electron chi connectivity index (χ1n) is 10.3. The number of ether oxygens (including phenoxy) is 2. The number of aryl methyl sites for hydroxylation is 2. The largest absolute Gasteiger partial charge is 0.493 e. The Morgan fingerprint density at radius 3 is 2.75 bits per heavy atom. The van der Waals surface area contributed by atoms with Gasteiger partial charge in [-0.1, -0.05) is 43.7 Å². The Balaban J connectivity index is 1.86. The Hall–Kier alpha value is -3.53. The number of rotatable bonds is 11. The highest BCUT2D eigenvalue weighted by Gasteiger charge is 2.22. The number of H-pyrrole nitrogens is 1. The van der Waals surface area contributed by atoms with Gasteiger partial charge in [-0.2, -0.15) is 14.9 Å². The molecule has 0 fully saturated rings. The molecule has 0 saturated heterocycles. The number of nitro benzene ring substituents is 1. The zero-order valence-electron chi connectivity index (χ0n) is 18.0. The van der Waals surface area contributed by atoms with E-state index in [2.05, 4.69) is 15.3 Å². The molecule has 0 amide bonds. The molecular formula is C22H25N5O4S. The van der Waals surface area contributed by atoms with E-state index in [4.69, 9.17) is 21.7 Å². The van der Waals surface area contributed by atoms with Gasteiger partial charge >= 0.3 is 5.69 Å². The molecule has 0 radical (unpaired) electrons. The summed E-state index contributed by atoms with van der Waals surface area (Å²) in [6.07, 6.45) is 4.59. The number of methoxy groups -OCH3 is 1. The number of hydrogen-bond donors (Lipinski definition) is 1. The van der Waals surface area contributed by atoms with Gasteiger partial charge in [0.25, 0.3) is 0 Å². The Bertz CT molecular complexity index is 1140. The van der Waals surface area contributed by atoms with Gasteiger partial charge in [-0.25, -0.2) is 0 Å². The fraction of sp³-hybridized carbons (Fsp3) is 0.318. The summed E-state index contributed by atoms with van der Waals surface area (Å²) in [4.78, 5) is 11.1. The summed E-state index contributed by atoms with van der Waals surface area (Å²) in [5.41, 5.74) is 1.48. The Labute approximate surface area is 190 Å². The van der Waals surface area contributed by atoms with Crippen LogP contribution >= 0.6 is 12.2 Å². The van der Waals surface area contributed by atoms with Crippen LogP contribution in [0.1, 0.15) is 36.7 Å². The third-order valence-electron chi connectivity index (χ3n) is 4.74. The van der Waals surface area contributed by atoms with Crippen LogP contribution in [0.5, 0.6) is 11.5 Å². The minimum absolute atomic E-state index is 0.117. The van der Waals surface area contributed by atoms with Crippen molar-refractivity contribution in [3.05, 3.63) is 74.3 Å². The second-order valence-electron chi connectivity index (χ2n) is 7.02. The van der Waals surface area contributed by atoms with E-state index in [1.807, 2.05) is 37.3 Å². The lowest BCUT2D eigenvalue weighted by Gasteiger charge is -2.11. The van der Waals surface area contributed by atoms with Crippen molar-refractivity contribution in [2.24, 2.45) is 5.10 Å². The molecule has 32 heavy (non-hydrogen) atoms. The third-order valence-corrected chi connectivity index (χ3v) is 5.00. The normalized spacial score (nSPS) is 11.1.